The first-order valence-electron chi connectivity index (χ1n) is 4.10. The Morgan fingerprint density at radius 3 is 2.86 bits per heavy atom. The second-order valence-corrected chi connectivity index (χ2v) is 3.73. The Balaban J connectivity index is 2.91. The van der Waals surface area contributed by atoms with Crippen molar-refractivity contribution in [3.63, 3.8) is 0 Å². The maximum atomic E-state index is 5.86. The van der Waals surface area contributed by atoms with Gasteiger partial charge in [0.25, 0.3) is 0 Å². The highest BCUT2D eigenvalue weighted by Gasteiger charge is 2.08. The van der Waals surface area contributed by atoms with E-state index in [-0.39, 0.29) is 0 Å². The number of benzene rings is 1. The first-order valence-corrected chi connectivity index (χ1v) is 4.90. The number of halogens is 1. The molecule has 0 aliphatic heterocycles. The van der Waals surface area contributed by atoms with E-state index in [9.17, 15) is 0 Å². The van der Waals surface area contributed by atoms with Crippen LogP contribution in [0.25, 0.3) is 10.9 Å². The van der Waals surface area contributed by atoms with Crippen molar-refractivity contribution in [2.24, 2.45) is 0 Å². The highest BCUT2D eigenvalue weighted by molar-refractivity contribution is 9.10. The van der Waals surface area contributed by atoms with Gasteiger partial charge in [0.2, 0.25) is 0 Å². The lowest BCUT2D eigenvalue weighted by Gasteiger charge is -2.07. The van der Waals surface area contributed by atoms with Gasteiger partial charge in [-0.15, -0.1) is 0 Å². The summed E-state index contributed by atoms with van der Waals surface area (Å²) < 4.78 is 6.13. The highest BCUT2D eigenvalue weighted by atomic mass is 79.9. The quantitative estimate of drug-likeness (QED) is 0.849. The van der Waals surface area contributed by atoms with Crippen molar-refractivity contribution in [3.8, 4) is 5.75 Å². The number of fused-ring (bicyclic) bond motifs is 1. The average molecular weight is 253 g/mol. The third kappa shape index (κ3) is 1.32. The maximum absolute atomic E-state index is 5.86. The number of nitrogen functional groups attached to an aromatic ring is 1. The number of rotatable bonds is 1. The van der Waals surface area contributed by atoms with Crippen molar-refractivity contribution in [1.29, 1.82) is 0 Å². The van der Waals surface area contributed by atoms with Crippen LogP contribution in [0.2, 0.25) is 0 Å². The lowest BCUT2D eigenvalue weighted by Crippen LogP contribution is -1.92. The number of pyridine rings is 1. The summed E-state index contributed by atoms with van der Waals surface area (Å²) >= 11 is 3.44. The molecule has 0 saturated carbocycles. The van der Waals surface area contributed by atoms with Gasteiger partial charge in [0.1, 0.15) is 11.3 Å². The van der Waals surface area contributed by atoms with E-state index in [4.69, 9.17) is 10.5 Å². The molecule has 0 bridgehead atoms. The predicted molar refractivity (Wildman–Crippen MR) is 60.4 cm³/mol. The Bertz CT molecular complexity index is 477. The van der Waals surface area contributed by atoms with E-state index in [1.165, 1.54) is 0 Å². The van der Waals surface area contributed by atoms with Gasteiger partial charge in [0.15, 0.2) is 0 Å². The molecule has 0 saturated heterocycles. The number of hydrogen-bond donors (Lipinski definition) is 1. The third-order valence-electron chi connectivity index (χ3n) is 2.06. The van der Waals surface area contributed by atoms with Crippen LogP contribution in [0, 0.1) is 0 Å². The zero-order valence-electron chi connectivity index (χ0n) is 7.62. The molecule has 2 aromatic rings. The van der Waals surface area contributed by atoms with Crippen LogP contribution in [-0.4, -0.2) is 12.1 Å². The Labute approximate surface area is 90.0 Å². The van der Waals surface area contributed by atoms with Gasteiger partial charge in [0, 0.05) is 21.7 Å². The Morgan fingerprint density at radius 2 is 2.14 bits per heavy atom. The second kappa shape index (κ2) is 3.46. The predicted octanol–water partition coefficient (Wildman–Crippen LogP) is 2.59. The molecule has 3 nitrogen and oxygen atoms in total. The average Bonchev–Trinajstić information content (AvgIpc) is 2.18. The van der Waals surface area contributed by atoms with Gasteiger partial charge < -0.3 is 10.5 Å². The van der Waals surface area contributed by atoms with Crippen molar-refractivity contribution >= 4 is 32.5 Å². The van der Waals surface area contributed by atoms with Gasteiger partial charge in [0.05, 0.1) is 7.11 Å². The molecule has 2 N–H and O–H groups in total. The molecule has 14 heavy (non-hydrogen) atoms. The van der Waals surface area contributed by atoms with Gasteiger partial charge in [-0.1, -0.05) is 15.9 Å². The molecule has 0 unspecified atom stereocenters. The minimum Gasteiger partial charge on any atom is -0.494 e. The van der Waals surface area contributed by atoms with Crippen LogP contribution in [0.3, 0.4) is 0 Å². The van der Waals surface area contributed by atoms with Crippen molar-refractivity contribution in [3.05, 3.63) is 28.9 Å². The number of hydrogen-bond acceptors (Lipinski definition) is 3. The topological polar surface area (TPSA) is 48.1 Å². The number of anilines is 1. The van der Waals surface area contributed by atoms with E-state index >= 15 is 0 Å². The summed E-state index contributed by atoms with van der Waals surface area (Å²) in [6, 6.07) is 5.53. The van der Waals surface area contributed by atoms with Crippen LogP contribution in [0.1, 0.15) is 0 Å². The zero-order valence-corrected chi connectivity index (χ0v) is 9.21. The molecule has 0 aliphatic carbocycles. The van der Waals surface area contributed by atoms with Crippen LogP contribution in [0.5, 0.6) is 5.75 Å². The molecule has 1 heterocycles. The number of nitrogens with zero attached hydrogens (tertiary/aromatic N) is 1. The largest absolute Gasteiger partial charge is 0.494 e. The summed E-state index contributed by atoms with van der Waals surface area (Å²) in [6.07, 6.45) is 1.67. The summed E-state index contributed by atoms with van der Waals surface area (Å²) in [5.74, 6) is 0.732. The molecule has 0 fully saturated rings. The summed E-state index contributed by atoms with van der Waals surface area (Å²) in [7, 11) is 1.62. The third-order valence-corrected chi connectivity index (χ3v) is 2.72. The normalized spacial score (nSPS) is 10.4. The SMILES string of the molecule is COc1ccc(Br)c2c(N)ccnc12. The molecule has 0 aliphatic rings. The Morgan fingerprint density at radius 1 is 1.36 bits per heavy atom. The number of aromatic nitrogens is 1. The number of ether oxygens (including phenoxy) is 1. The Kier molecular flexibility index (Phi) is 2.29. The molecule has 1 aromatic heterocycles. The molecule has 0 atom stereocenters. The maximum Gasteiger partial charge on any atom is 0.145 e. The lowest BCUT2D eigenvalue weighted by molar-refractivity contribution is 0.419. The molecular weight excluding hydrogens is 244 g/mol. The molecule has 4 heteroatoms. The fourth-order valence-electron chi connectivity index (χ4n) is 1.39. The van der Waals surface area contributed by atoms with E-state index in [0.29, 0.717) is 5.69 Å². The standard InChI is InChI=1S/C10H9BrN2O/c1-14-8-3-2-6(11)9-7(12)4-5-13-10(8)9/h2-5H,1H3,(H2,12,13). The molecular formula is C10H9BrN2O. The number of methoxy groups -OCH3 is 1. The van der Waals surface area contributed by atoms with Gasteiger partial charge in [-0.2, -0.15) is 0 Å². The van der Waals surface area contributed by atoms with Crippen molar-refractivity contribution in [2.75, 3.05) is 12.8 Å². The zero-order chi connectivity index (χ0) is 10.1. The minimum atomic E-state index is 0.695. The smallest absolute Gasteiger partial charge is 0.145 e. The summed E-state index contributed by atoms with van der Waals surface area (Å²) in [5, 5.41) is 0.895. The summed E-state index contributed by atoms with van der Waals surface area (Å²) in [4.78, 5) is 4.24. The summed E-state index contributed by atoms with van der Waals surface area (Å²) in [5.41, 5.74) is 7.33. The molecule has 0 amide bonds. The van der Waals surface area contributed by atoms with E-state index < -0.39 is 0 Å². The second-order valence-electron chi connectivity index (χ2n) is 2.87. The van der Waals surface area contributed by atoms with Crippen molar-refractivity contribution in [2.45, 2.75) is 0 Å². The molecule has 72 valence electrons. The van der Waals surface area contributed by atoms with E-state index in [0.717, 1.165) is 21.1 Å². The van der Waals surface area contributed by atoms with Gasteiger partial charge >= 0.3 is 0 Å². The fraction of sp³-hybridized carbons (Fsp3) is 0.100. The van der Waals surface area contributed by atoms with Crippen LogP contribution >= 0.6 is 15.9 Å². The summed E-state index contributed by atoms with van der Waals surface area (Å²) in [6.45, 7) is 0. The monoisotopic (exact) mass is 252 g/mol. The first kappa shape index (κ1) is 9.27. The highest BCUT2D eigenvalue weighted by Crippen LogP contribution is 2.33. The van der Waals surface area contributed by atoms with E-state index in [1.54, 1.807) is 19.4 Å². The molecule has 0 radical (unpaired) electrons. The van der Waals surface area contributed by atoms with Crippen LogP contribution < -0.4 is 10.5 Å². The van der Waals surface area contributed by atoms with Gasteiger partial charge in [-0.05, 0) is 18.2 Å². The first-order chi connectivity index (χ1) is 6.74. The fourth-order valence-corrected chi connectivity index (χ4v) is 1.94. The van der Waals surface area contributed by atoms with Crippen molar-refractivity contribution in [1.82, 2.24) is 4.98 Å². The lowest BCUT2D eigenvalue weighted by atomic mass is 10.2. The molecule has 1 aromatic carbocycles. The van der Waals surface area contributed by atoms with E-state index in [2.05, 4.69) is 20.9 Å². The van der Waals surface area contributed by atoms with Crippen LogP contribution in [-0.2, 0) is 0 Å². The van der Waals surface area contributed by atoms with Crippen molar-refractivity contribution < 1.29 is 4.74 Å². The van der Waals surface area contributed by atoms with Crippen LogP contribution in [0.4, 0.5) is 5.69 Å². The molecule has 0 spiro atoms. The van der Waals surface area contributed by atoms with Gasteiger partial charge in [-0.25, -0.2) is 0 Å². The molecule has 2 rings (SSSR count). The number of nitrogens with two attached hydrogens (primary N) is 1. The Hall–Kier alpha value is -1.29. The van der Waals surface area contributed by atoms with Gasteiger partial charge in [-0.3, -0.25) is 4.98 Å². The minimum absolute atomic E-state index is 0.695. The van der Waals surface area contributed by atoms with E-state index in [1.807, 2.05) is 12.1 Å². The van der Waals surface area contributed by atoms with Crippen LogP contribution in [0.15, 0.2) is 28.9 Å².